The van der Waals surface area contributed by atoms with E-state index in [0.717, 1.165) is 11.3 Å². The molecule has 1 heterocycles. The van der Waals surface area contributed by atoms with Crippen LogP contribution in [0.2, 0.25) is 0 Å². The van der Waals surface area contributed by atoms with E-state index in [9.17, 15) is 13.2 Å². The Hall–Kier alpha value is -2.25. The first-order valence-corrected chi connectivity index (χ1v) is 9.89. The molecule has 1 amide bonds. The van der Waals surface area contributed by atoms with Crippen LogP contribution < -0.4 is 10.0 Å². The van der Waals surface area contributed by atoms with Crippen molar-refractivity contribution >= 4 is 15.9 Å². The van der Waals surface area contributed by atoms with Crippen LogP contribution >= 0.6 is 0 Å². The summed E-state index contributed by atoms with van der Waals surface area (Å²) in [6.45, 7) is 7.51. The van der Waals surface area contributed by atoms with Gasteiger partial charge in [-0.15, -0.1) is 0 Å². The average molecular weight is 375 g/mol. The second-order valence-corrected chi connectivity index (χ2v) is 8.84. The maximum absolute atomic E-state index is 12.5. The lowest BCUT2D eigenvalue weighted by molar-refractivity contribution is 0.0953. The van der Waals surface area contributed by atoms with Crippen LogP contribution in [0.5, 0.6) is 0 Å². The third-order valence-corrected chi connectivity index (χ3v) is 5.35. The summed E-state index contributed by atoms with van der Waals surface area (Å²) in [5, 5.41) is 2.82. The normalized spacial score (nSPS) is 12.0. The molecule has 1 aromatic carbocycles. The topological polar surface area (TPSA) is 88.2 Å². The highest BCUT2D eigenvalue weighted by Crippen LogP contribution is 2.17. The van der Waals surface area contributed by atoms with E-state index in [1.165, 1.54) is 12.1 Å². The number of aryl methyl sites for hydroxylation is 1. The number of sulfonamides is 1. The Morgan fingerprint density at radius 1 is 1.15 bits per heavy atom. The standard InChI is InChI=1S/C19H25N3O3S/c1-14-8-9-16(26(24,25)22-19(2,3)4)13-17(14)18(23)21-12-10-15-7-5-6-11-20-15/h5-9,11,13,22H,10,12H2,1-4H3,(H,21,23). The Morgan fingerprint density at radius 2 is 1.88 bits per heavy atom. The van der Waals surface area contributed by atoms with Crippen LogP contribution in [0.4, 0.5) is 0 Å². The van der Waals surface area contributed by atoms with Gasteiger partial charge < -0.3 is 5.32 Å². The van der Waals surface area contributed by atoms with Gasteiger partial charge in [0.2, 0.25) is 10.0 Å². The highest BCUT2D eigenvalue weighted by atomic mass is 32.2. The number of rotatable bonds is 6. The van der Waals surface area contributed by atoms with Crippen molar-refractivity contribution in [2.45, 2.75) is 44.6 Å². The van der Waals surface area contributed by atoms with Gasteiger partial charge in [-0.2, -0.15) is 0 Å². The summed E-state index contributed by atoms with van der Waals surface area (Å²) in [5.41, 5.74) is 1.35. The number of hydrogen-bond acceptors (Lipinski definition) is 4. The Morgan fingerprint density at radius 3 is 2.50 bits per heavy atom. The zero-order valence-electron chi connectivity index (χ0n) is 15.5. The monoisotopic (exact) mass is 375 g/mol. The molecule has 140 valence electrons. The number of nitrogens with one attached hydrogen (secondary N) is 2. The summed E-state index contributed by atoms with van der Waals surface area (Å²) in [5.74, 6) is -0.300. The summed E-state index contributed by atoms with van der Waals surface area (Å²) < 4.78 is 27.6. The highest BCUT2D eigenvalue weighted by Gasteiger charge is 2.23. The minimum Gasteiger partial charge on any atom is -0.352 e. The van der Waals surface area contributed by atoms with E-state index >= 15 is 0 Å². The minimum absolute atomic E-state index is 0.0768. The van der Waals surface area contributed by atoms with Crippen molar-refractivity contribution in [3.63, 3.8) is 0 Å². The number of pyridine rings is 1. The van der Waals surface area contributed by atoms with Crippen LogP contribution in [0.3, 0.4) is 0 Å². The van der Waals surface area contributed by atoms with E-state index in [1.807, 2.05) is 18.2 Å². The Labute approximate surface area is 155 Å². The SMILES string of the molecule is Cc1ccc(S(=O)(=O)NC(C)(C)C)cc1C(=O)NCCc1ccccn1. The lowest BCUT2D eigenvalue weighted by Gasteiger charge is -2.20. The fourth-order valence-electron chi connectivity index (χ4n) is 2.42. The fraction of sp³-hybridized carbons (Fsp3) is 0.368. The molecule has 0 saturated carbocycles. The van der Waals surface area contributed by atoms with E-state index in [1.54, 1.807) is 40.0 Å². The highest BCUT2D eigenvalue weighted by molar-refractivity contribution is 7.89. The molecule has 0 aliphatic carbocycles. The first-order valence-electron chi connectivity index (χ1n) is 8.41. The lowest BCUT2D eigenvalue weighted by Crippen LogP contribution is -2.40. The van der Waals surface area contributed by atoms with Gasteiger partial charge in [0.1, 0.15) is 0 Å². The predicted molar refractivity (Wildman–Crippen MR) is 102 cm³/mol. The molecule has 0 radical (unpaired) electrons. The molecule has 6 nitrogen and oxygen atoms in total. The minimum atomic E-state index is -3.69. The van der Waals surface area contributed by atoms with E-state index < -0.39 is 15.6 Å². The maximum Gasteiger partial charge on any atom is 0.251 e. The number of nitrogens with zero attached hydrogens (tertiary/aromatic N) is 1. The molecule has 7 heteroatoms. The van der Waals surface area contributed by atoms with Gasteiger partial charge in [-0.1, -0.05) is 12.1 Å². The summed E-state index contributed by atoms with van der Waals surface area (Å²) in [4.78, 5) is 16.8. The number of hydrogen-bond donors (Lipinski definition) is 2. The van der Waals surface area contributed by atoms with Crippen molar-refractivity contribution in [3.05, 3.63) is 59.4 Å². The maximum atomic E-state index is 12.5. The second-order valence-electron chi connectivity index (χ2n) is 7.16. The number of amides is 1. The lowest BCUT2D eigenvalue weighted by atomic mass is 10.1. The molecule has 1 aromatic heterocycles. The molecular formula is C19H25N3O3S. The third kappa shape index (κ3) is 5.64. The predicted octanol–water partition coefficient (Wildman–Crippen LogP) is 2.44. The molecule has 0 aliphatic rings. The van der Waals surface area contributed by atoms with Crippen LogP contribution in [-0.4, -0.2) is 31.4 Å². The number of carbonyl (C=O) groups excluding carboxylic acids is 1. The van der Waals surface area contributed by atoms with E-state index in [4.69, 9.17) is 0 Å². The molecule has 0 unspecified atom stereocenters. The fourth-order valence-corrected chi connectivity index (χ4v) is 3.86. The summed E-state index contributed by atoms with van der Waals surface area (Å²) >= 11 is 0. The van der Waals surface area contributed by atoms with Gasteiger partial charge in [-0.3, -0.25) is 9.78 Å². The summed E-state index contributed by atoms with van der Waals surface area (Å²) in [7, 11) is -3.69. The van der Waals surface area contributed by atoms with Gasteiger partial charge in [0.15, 0.2) is 0 Å². The molecule has 2 aromatic rings. The molecular weight excluding hydrogens is 350 g/mol. The first-order chi connectivity index (χ1) is 12.1. The molecule has 0 bridgehead atoms. The average Bonchev–Trinajstić information content (AvgIpc) is 2.53. The quantitative estimate of drug-likeness (QED) is 0.812. The number of carbonyl (C=O) groups is 1. The van der Waals surface area contributed by atoms with Gasteiger partial charge >= 0.3 is 0 Å². The van der Waals surface area contributed by atoms with Crippen LogP contribution in [0.15, 0.2) is 47.5 Å². The first kappa shape index (κ1) is 20.1. The summed E-state index contributed by atoms with van der Waals surface area (Å²) in [6, 6.07) is 10.2. The summed E-state index contributed by atoms with van der Waals surface area (Å²) in [6.07, 6.45) is 2.31. The Balaban J connectivity index is 2.12. The number of benzene rings is 1. The molecule has 0 saturated heterocycles. The van der Waals surface area contributed by atoms with Crippen molar-refractivity contribution < 1.29 is 13.2 Å². The molecule has 2 rings (SSSR count). The second kappa shape index (κ2) is 7.97. The smallest absolute Gasteiger partial charge is 0.251 e. The zero-order chi connectivity index (χ0) is 19.4. The van der Waals surface area contributed by atoms with Crippen molar-refractivity contribution in [1.29, 1.82) is 0 Å². The number of aromatic nitrogens is 1. The van der Waals surface area contributed by atoms with Crippen LogP contribution in [0.25, 0.3) is 0 Å². The molecule has 2 N–H and O–H groups in total. The van der Waals surface area contributed by atoms with Gasteiger partial charge in [0, 0.05) is 36.0 Å². The van der Waals surface area contributed by atoms with Crippen LogP contribution in [0, 0.1) is 6.92 Å². The Bertz CT molecular complexity index is 873. The molecule has 0 spiro atoms. The Kier molecular flexibility index (Phi) is 6.15. The van der Waals surface area contributed by atoms with Crippen LogP contribution in [0.1, 0.15) is 42.4 Å². The van der Waals surface area contributed by atoms with Gasteiger partial charge in [0.25, 0.3) is 5.91 Å². The zero-order valence-corrected chi connectivity index (χ0v) is 16.4. The van der Waals surface area contributed by atoms with Gasteiger partial charge in [-0.25, -0.2) is 13.1 Å². The van der Waals surface area contributed by atoms with Crippen molar-refractivity contribution in [2.75, 3.05) is 6.54 Å². The van der Waals surface area contributed by atoms with Gasteiger partial charge in [-0.05, 0) is 57.5 Å². The molecule has 26 heavy (non-hydrogen) atoms. The van der Waals surface area contributed by atoms with Gasteiger partial charge in [0.05, 0.1) is 4.90 Å². The van der Waals surface area contributed by atoms with E-state index in [0.29, 0.717) is 18.5 Å². The molecule has 0 atom stereocenters. The molecule has 0 aliphatic heterocycles. The van der Waals surface area contributed by atoms with Crippen molar-refractivity contribution in [2.24, 2.45) is 0 Å². The largest absolute Gasteiger partial charge is 0.352 e. The van der Waals surface area contributed by atoms with Crippen molar-refractivity contribution in [3.8, 4) is 0 Å². The van der Waals surface area contributed by atoms with E-state index in [2.05, 4.69) is 15.0 Å². The van der Waals surface area contributed by atoms with Crippen LogP contribution in [-0.2, 0) is 16.4 Å². The van der Waals surface area contributed by atoms with Crippen molar-refractivity contribution in [1.82, 2.24) is 15.0 Å². The molecule has 0 fully saturated rings. The van der Waals surface area contributed by atoms with E-state index in [-0.39, 0.29) is 10.8 Å². The third-order valence-electron chi connectivity index (χ3n) is 3.60.